The Labute approximate surface area is 243 Å². The van der Waals surface area contributed by atoms with E-state index in [0.717, 1.165) is 28.3 Å². The lowest BCUT2D eigenvalue weighted by Crippen LogP contribution is -2.52. The van der Waals surface area contributed by atoms with Crippen molar-refractivity contribution in [2.75, 3.05) is 17.4 Å². The second-order valence-electron chi connectivity index (χ2n) is 9.83. The number of rotatable bonds is 13. The van der Waals surface area contributed by atoms with Gasteiger partial charge < -0.3 is 10.2 Å². The summed E-state index contributed by atoms with van der Waals surface area (Å²) in [4.78, 5) is 28.9. The van der Waals surface area contributed by atoms with Crippen molar-refractivity contribution >= 4 is 39.1 Å². The largest absolute Gasteiger partial charge is 0.354 e. The molecule has 1 N–H and O–H groups in total. The van der Waals surface area contributed by atoms with E-state index in [2.05, 4.69) is 5.32 Å². The number of hydrogen-bond donors (Lipinski definition) is 1. The van der Waals surface area contributed by atoms with E-state index in [-0.39, 0.29) is 17.3 Å². The van der Waals surface area contributed by atoms with E-state index in [9.17, 15) is 18.0 Å². The number of nitrogens with one attached hydrogen (secondary N) is 1. The van der Waals surface area contributed by atoms with Crippen molar-refractivity contribution in [3.63, 3.8) is 0 Å². The lowest BCUT2D eigenvalue weighted by Gasteiger charge is -2.33. The van der Waals surface area contributed by atoms with Crippen LogP contribution >= 0.6 is 11.6 Å². The Morgan fingerprint density at radius 1 is 0.950 bits per heavy atom. The fourth-order valence-corrected chi connectivity index (χ4v) is 6.29. The van der Waals surface area contributed by atoms with E-state index in [1.165, 1.54) is 17.0 Å². The maximum absolute atomic E-state index is 14.1. The van der Waals surface area contributed by atoms with Crippen LogP contribution < -0.4 is 9.62 Å². The lowest BCUT2D eigenvalue weighted by atomic mass is 10.1. The molecule has 3 aromatic carbocycles. The summed E-state index contributed by atoms with van der Waals surface area (Å²) < 4.78 is 29.0. The predicted molar refractivity (Wildman–Crippen MR) is 161 cm³/mol. The topological polar surface area (TPSA) is 86.8 Å². The van der Waals surface area contributed by atoms with E-state index in [4.69, 9.17) is 11.6 Å². The average Bonchev–Trinajstić information content (AvgIpc) is 2.92. The van der Waals surface area contributed by atoms with E-state index in [1.54, 1.807) is 43.3 Å². The van der Waals surface area contributed by atoms with Crippen molar-refractivity contribution in [3.05, 3.63) is 94.5 Å². The fraction of sp³-hybridized carbons (Fsp3) is 0.355. The number of anilines is 1. The van der Waals surface area contributed by atoms with Gasteiger partial charge in [0.2, 0.25) is 11.8 Å². The highest BCUT2D eigenvalue weighted by Gasteiger charge is 2.34. The third-order valence-electron chi connectivity index (χ3n) is 6.69. The first-order chi connectivity index (χ1) is 19.1. The molecular formula is C31H38ClN3O4S. The average molecular weight is 584 g/mol. The van der Waals surface area contributed by atoms with E-state index in [0.29, 0.717) is 29.2 Å². The molecule has 0 saturated heterocycles. The fourth-order valence-electron chi connectivity index (χ4n) is 4.56. The second-order valence-corrected chi connectivity index (χ2v) is 12.1. The second kappa shape index (κ2) is 14.3. The molecule has 0 aromatic heterocycles. The summed E-state index contributed by atoms with van der Waals surface area (Å²) in [6.45, 7) is 7.79. The minimum absolute atomic E-state index is 0.0618. The molecule has 0 aliphatic heterocycles. The van der Waals surface area contributed by atoms with Crippen LogP contribution in [-0.2, 0) is 26.2 Å². The van der Waals surface area contributed by atoms with Gasteiger partial charge in [-0.05, 0) is 68.1 Å². The Hall–Kier alpha value is -3.36. The van der Waals surface area contributed by atoms with Crippen LogP contribution in [0.4, 0.5) is 5.69 Å². The van der Waals surface area contributed by atoms with Gasteiger partial charge in [0.15, 0.2) is 0 Å². The lowest BCUT2D eigenvalue weighted by molar-refractivity contribution is -0.140. The van der Waals surface area contributed by atoms with Gasteiger partial charge in [-0.25, -0.2) is 8.42 Å². The zero-order valence-corrected chi connectivity index (χ0v) is 25.1. The van der Waals surface area contributed by atoms with Crippen LogP contribution in [0, 0.1) is 13.8 Å². The number of carbonyl (C=O) groups excluding carboxylic acids is 2. The first-order valence-corrected chi connectivity index (χ1v) is 15.4. The zero-order chi connectivity index (χ0) is 29.3. The number of hydrogen-bond acceptors (Lipinski definition) is 4. The standard InChI is InChI=1S/C31H38ClN3O4S/c1-5-7-18-33-31(37)28(6-2)34(21-25-13-11-12-23(3)19-25)30(36)22-35(29-17-16-26(32)20-24(29)4)40(38,39)27-14-9-8-10-15-27/h8-17,19-20,28H,5-7,18,21-22H2,1-4H3,(H,33,37)/t28-/m0/s1. The van der Waals surface area contributed by atoms with Crippen molar-refractivity contribution in [2.45, 2.75) is 64.4 Å². The highest BCUT2D eigenvalue weighted by molar-refractivity contribution is 7.92. The van der Waals surface area contributed by atoms with Crippen LogP contribution in [0.15, 0.2) is 77.7 Å². The Morgan fingerprint density at radius 2 is 1.68 bits per heavy atom. The molecule has 3 rings (SSSR count). The zero-order valence-electron chi connectivity index (χ0n) is 23.6. The molecule has 0 fully saturated rings. The molecule has 9 heteroatoms. The Kier molecular flexibility index (Phi) is 11.2. The number of carbonyl (C=O) groups is 2. The summed E-state index contributed by atoms with van der Waals surface area (Å²) in [5, 5.41) is 3.40. The Balaban J connectivity index is 2.06. The number of benzene rings is 3. The first kappa shape index (κ1) is 31.2. The first-order valence-electron chi connectivity index (χ1n) is 13.5. The summed E-state index contributed by atoms with van der Waals surface area (Å²) in [6, 6.07) is 19.8. The normalized spacial score (nSPS) is 12.0. The van der Waals surface area contributed by atoms with Crippen LogP contribution in [-0.4, -0.2) is 44.3 Å². The van der Waals surface area contributed by atoms with Gasteiger partial charge in [0.05, 0.1) is 10.6 Å². The molecule has 0 saturated carbocycles. The highest BCUT2D eigenvalue weighted by Crippen LogP contribution is 2.29. The Morgan fingerprint density at radius 3 is 2.30 bits per heavy atom. The highest BCUT2D eigenvalue weighted by atomic mass is 35.5. The van der Waals surface area contributed by atoms with Crippen molar-refractivity contribution in [3.8, 4) is 0 Å². The molecule has 0 aliphatic rings. The van der Waals surface area contributed by atoms with Gasteiger partial charge in [-0.2, -0.15) is 0 Å². The van der Waals surface area contributed by atoms with Crippen LogP contribution in [0.5, 0.6) is 0 Å². The molecule has 2 amide bonds. The number of halogens is 1. The molecule has 214 valence electrons. The molecule has 3 aromatic rings. The van der Waals surface area contributed by atoms with Gasteiger partial charge in [-0.3, -0.25) is 13.9 Å². The van der Waals surface area contributed by atoms with Gasteiger partial charge in [-0.15, -0.1) is 0 Å². The molecule has 40 heavy (non-hydrogen) atoms. The number of aryl methyl sites for hydroxylation is 2. The summed E-state index contributed by atoms with van der Waals surface area (Å²) >= 11 is 6.17. The maximum atomic E-state index is 14.1. The molecule has 0 aliphatic carbocycles. The third-order valence-corrected chi connectivity index (χ3v) is 8.70. The molecule has 0 radical (unpaired) electrons. The monoisotopic (exact) mass is 583 g/mol. The number of unbranched alkanes of at least 4 members (excludes halogenated alkanes) is 1. The number of sulfonamides is 1. The van der Waals surface area contributed by atoms with Gasteiger partial charge in [0, 0.05) is 18.1 Å². The molecular weight excluding hydrogens is 546 g/mol. The molecule has 0 unspecified atom stereocenters. The third kappa shape index (κ3) is 7.86. The number of nitrogens with zero attached hydrogens (tertiary/aromatic N) is 2. The molecule has 7 nitrogen and oxygen atoms in total. The Bertz CT molecular complexity index is 1410. The van der Waals surface area contributed by atoms with Gasteiger partial charge >= 0.3 is 0 Å². The maximum Gasteiger partial charge on any atom is 0.264 e. The van der Waals surface area contributed by atoms with Crippen molar-refractivity contribution < 1.29 is 18.0 Å². The van der Waals surface area contributed by atoms with Crippen LogP contribution in [0.2, 0.25) is 5.02 Å². The minimum Gasteiger partial charge on any atom is -0.354 e. The summed E-state index contributed by atoms with van der Waals surface area (Å²) in [5.74, 6) is -0.732. The molecule has 0 spiro atoms. The SMILES string of the molecule is CCCCNC(=O)[C@H](CC)N(Cc1cccc(C)c1)C(=O)CN(c1ccc(Cl)cc1C)S(=O)(=O)c1ccccc1. The predicted octanol–water partition coefficient (Wildman–Crippen LogP) is 5.88. The smallest absolute Gasteiger partial charge is 0.264 e. The van der Waals surface area contributed by atoms with Gasteiger partial charge in [0.25, 0.3) is 10.0 Å². The van der Waals surface area contributed by atoms with Gasteiger partial charge in [-0.1, -0.05) is 79.9 Å². The number of amides is 2. The molecule has 0 bridgehead atoms. The molecule has 1 atom stereocenters. The quantitative estimate of drug-likeness (QED) is 0.255. The van der Waals surface area contributed by atoms with Crippen molar-refractivity contribution in [1.29, 1.82) is 0 Å². The summed E-state index contributed by atoms with van der Waals surface area (Å²) in [7, 11) is -4.13. The van der Waals surface area contributed by atoms with Gasteiger partial charge in [0.1, 0.15) is 12.6 Å². The van der Waals surface area contributed by atoms with Crippen molar-refractivity contribution in [1.82, 2.24) is 10.2 Å². The minimum atomic E-state index is -4.13. The van der Waals surface area contributed by atoms with Crippen LogP contribution in [0.3, 0.4) is 0 Å². The van der Waals surface area contributed by atoms with Crippen molar-refractivity contribution in [2.24, 2.45) is 0 Å². The van der Waals surface area contributed by atoms with E-state index in [1.807, 2.05) is 45.0 Å². The molecule has 0 heterocycles. The summed E-state index contributed by atoms with van der Waals surface area (Å²) in [5.41, 5.74) is 2.83. The van der Waals surface area contributed by atoms with Crippen LogP contribution in [0.1, 0.15) is 49.8 Å². The van der Waals surface area contributed by atoms with E-state index >= 15 is 0 Å². The summed E-state index contributed by atoms with van der Waals surface area (Å²) in [6.07, 6.45) is 2.13. The van der Waals surface area contributed by atoms with Crippen LogP contribution in [0.25, 0.3) is 0 Å². The van der Waals surface area contributed by atoms with E-state index < -0.39 is 28.5 Å².